The maximum atomic E-state index is 6.32. The van der Waals surface area contributed by atoms with Crippen molar-refractivity contribution in [2.45, 2.75) is 26.4 Å². The highest BCUT2D eigenvalue weighted by atomic mass is 35.5. The highest BCUT2D eigenvalue weighted by Gasteiger charge is 2.33. The molecule has 3 nitrogen and oxygen atoms in total. The molecule has 2 aliphatic heterocycles. The molecule has 0 radical (unpaired) electrons. The van der Waals surface area contributed by atoms with E-state index in [9.17, 15) is 0 Å². The van der Waals surface area contributed by atoms with Gasteiger partial charge in [0.25, 0.3) is 0 Å². The molecule has 0 bridgehead atoms. The molecule has 0 aromatic heterocycles. The van der Waals surface area contributed by atoms with Gasteiger partial charge in [0, 0.05) is 27.5 Å². The smallest absolute Gasteiger partial charge is 0.123 e. The Morgan fingerprint density at radius 3 is 2.75 bits per heavy atom. The predicted molar refractivity (Wildman–Crippen MR) is 101 cm³/mol. The molecule has 0 amide bonds. The van der Waals surface area contributed by atoms with E-state index in [0.29, 0.717) is 6.54 Å². The molecule has 0 saturated carbocycles. The summed E-state index contributed by atoms with van der Waals surface area (Å²) in [6.07, 6.45) is 1.15. The number of hydrogen-bond acceptors (Lipinski definition) is 3. The molecule has 2 aromatic rings. The van der Waals surface area contributed by atoms with E-state index in [1.165, 1.54) is 17.1 Å². The third-order valence-corrected chi connectivity index (χ3v) is 4.93. The Bertz CT molecular complexity index is 839. The van der Waals surface area contributed by atoms with E-state index in [1.807, 2.05) is 30.3 Å². The number of rotatable bonds is 2. The van der Waals surface area contributed by atoms with Crippen LogP contribution < -0.4 is 10.2 Å². The minimum atomic E-state index is 0.168. The van der Waals surface area contributed by atoms with Crippen molar-refractivity contribution in [2.75, 3.05) is 11.4 Å². The Morgan fingerprint density at radius 1 is 1.21 bits per heavy atom. The zero-order chi connectivity index (χ0) is 16.7. The minimum Gasteiger partial charge on any atom is -0.366 e. The van der Waals surface area contributed by atoms with Crippen LogP contribution in [-0.2, 0) is 0 Å². The fourth-order valence-electron chi connectivity index (χ4n) is 3.66. The largest absolute Gasteiger partial charge is 0.366 e. The summed E-state index contributed by atoms with van der Waals surface area (Å²) in [5.74, 6) is 0. The number of nitrogens with one attached hydrogen (secondary N) is 1. The molecule has 1 atom stereocenters. The van der Waals surface area contributed by atoms with Crippen LogP contribution in [0.1, 0.15) is 31.4 Å². The fraction of sp³-hybridized carbons (Fsp3) is 0.250. The van der Waals surface area contributed by atoms with Crippen LogP contribution in [0.2, 0.25) is 5.02 Å². The van der Waals surface area contributed by atoms with Gasteiger partial charge in [-0.1, -0.05) is 48.9 Å². The standard InChI is InChI=1S/C20H20ClN3/c1-3-17-13(2)23-19-12-22-20(14-7-5-4-6-8-14)16-11-15(21)9-10-18(16)24(17)19/h4-11,19,23H,3,12H2,1-2H3. The zero-order valence-electron chi connectivity index (χ0n) is 13.9. The van der Waals surface area contributed by atoms with Crippen molar-refractivity contribution >= 4 is 23.0 Å². The first-order chi connectivity index (χ1) is 11.7. The Labute approximate surface area is 147 Å². The van der Waals surface area contributed by atoms with Crippen molar-refractivity contribution in [1.29, 1.82) is 0 Å². The van der Waals surface area contributed by atoms with Crippen LogP contribution in [0.25, 0.3) is 0 Å². The van der Waals surface area contributed by atoms with Gasteiger partial charge < -0.3 is 10.2 Å². The van der Waals surface area contributed by atoms with Crippen LogP contribution in [0.3, 0.4) is 0 Å². The number of fused-ring (bicyclic) bond motifs is 3. The third kappa shape index (κ3) is 2.40. The summed E-state index contributed by atoms with van der Waals surface area (Å²) in [5.41, 5.74) is 6.97. The van der Waals surface area contributed by atoms with Gasteiger partial charge in [-0.05, 0) is 31.5 Å². The van der Waals surface area contributed by atoms with Crippen LogP contribution in [0.15, 0.2) is 64.9 Å². The summed E-state index contributed by atoms with van der Waals surface area (Å²) in [4.78, 5) is 7.34. The number of allylic oxidation sites excluding steroid dienone is 2. The Kier molecular flexibility index (Phi) is 3.81. The van der Waals surface area contributed by atoms with Gasteiger partial charge in [0.15, 0.2) is 0 Å². The number of anilines is 1. The molecule has 1 unspecified atom stereocenters. The normalized spacial score (nSPS) is 19.4. The van der Waals surface area contributed by atoms with Crippen LogP contribution in [0, 0.1) is 0 Å². The summed E-state index contributed by atoms with van der Waals surface area (Å²) in [6, 6.07) is 16.5. The number of aliphatic imine (C=N–C) groups is 1. The maximum Gasteiger partial charge on any atom is 0.123 e. The van der Waals surface area contributed by atoms with Crippen LogP contribution in [0.4, 0.5) is 5.69 Å². The van der Waals surface area contributed by atoms with E-state index in [4.69, 9.17) is 16.6 Å². The van der Waals surface area contributed by atoms with Gasteiger partial charge in [-0.25, -0.2) is 0 Å². The lowest BCUT2D eigenvalue weighted by molar-refractivity contribution is 0.617. The Balaban J connectivity index is 1.92. The summed E-state index contributed by atoms with van der Waals surface area (Å²) in [5, 5.41) is 4.33. The molecular weight excluding hydrogens is 318 g/mol. The average molecular weight is 338 g/mol. The van der Waals surface area contributed by atoms with Gasteiger partial charge in [0.05, 0.1) is 17.9 Å². The molecule has 0 saturated heterocycles. The summed E-state index contributed by atoms with van der Waals surface area (Å²) >= 11 is 6.32. The molecule has 2 aromatic carbocycles. The van der Waals surface area contributed by atoms with Crippen LogP contribution in [-0.4, -0.2) is 18.4 Å². The van der Waals surface area contributed by atoms with E-state index < -0.39 is 0 Å². The first kappa shape index (κ1) is 15.3. The number of halogens is 1. The average Bonchev–Trinajstić information content (AvgIpc) is 2.83. The maximum absolute atomic E-state index is 6.32. The van der Waals surface area contributed by atoms with E-state index in [1.54, 1.807) is 0 Å². The van der Waals surface area contributed by atoms with Gasteiger partial charge in [-0.2, -0.15) is 0 Å². The van der Waals surface area contributed by atoms with Crippen molar-refractivity contribution in [3.05, 3.63) is 76.1 Å². The molecular formula is C20H20ClN3. The Morgan fingerprint density at radius 2 is 2.00 bits per heavy atom. The van der Waals surface area contributed by atoms with Crippen molar-refractivity contribution in [3.63, 3.8) is 0 Å². The second-order valence-electron chi connectivity index (χ2n) is 6.17. The summed E-state index contributed by atoms with van der Waals surface area (Å²) in [6.45, 7) is 5.05. The van der Waals surface area contributed by atoms with Gasteiger partial charge in [0.1, 0.15) is 6.17 Å². The molecule has 1 N–H and O–H groups in total. The predicted octanol–water partition coefficient (Wildman–Crippen LogP) is 4.57. The van der Waals surface area contributed by atoms with Crippen molar-refractivity contribution in [1.82, 2.24) is 5.32 Å². The molecule has 2 aliphatic rings. The fourth-order valence-corrected chi connectivity index (χ4v) is 3.83. The lowest BCUT2D eigenvalue weighted by atomic mass is 10.00. The van der Waals surface area contributed by atoms with Gasteiger partial charge >= 0.3 is 0 Å². The van der Waals surface area contributed by atoms with Crippen molar-refractivity contribution in [3.8, 4) is 0 Å². The van der Waals surface area contributed by atoms with Gasteiger partial charge in [0.2, 0.25) is 0 Å². The Hall–Kier alpha value is -2.26. The first-order valence-corrected chi connectivity index (χ1v) is 8.72. The first-order valence-electron chi connectivity index (χ1n) is 8.34. The van der Waals surface area contributed by atoms with Crippen molar-refractivity contribution in [2.24, 2.45) is 4.99 Å². The molecule has 4 rings (SSSR count). The van der Waals surface area contributed by atoms with E-state index in [-0.39, 0.29) is 6.17 Å². The molecule has 0 fully saturated rings. The lowest BCUT2D eigenvalue weighted by Crippen LogP contribution is -2.39. The molecule has 122 valence electrons. The monoisotopic (exact) mass is 337 g/mol. The van der Waals surface area contributed by atoms with Gasteiger partial charge in [-0.15, -0.1) is 0 Å². The minimum absolute atomic E-state index is 0.168. The zero-order valence-corrected chi connectivity index (χ0v) is 14.6. The molecule has 4 heteroatoms. The van der Waals surface area contributed by atoms with E-state index >= 15 is 0 Å². The number of hydrogen-bond donors (Lipinski definition) is 1. The summed E-state index contributed by atoms with van der Waals surface area (Å²) < 4.78 is 0. The number of nitrogens with zero attached hydrogens (tertiary/aromatic N) is 2. The SMILES string of the molecule is CCC1=C(C)NC2CN=C(c3ccccc3)c3cc(Cl)ccc3N12. The second-order valence-corrected chi connectivity index (χ2v) is 6.61. The highest BCUT2D eigenvalue weighted by molar-refractivity contribution is 6.31. The van der Waals surface area contributed by atoms with Gasteiger partial charge in [-0.3, -0.25) is 4.99 Å². The quantitative estimate of drug-likeness (QED) is 0.869. The third-order valence-electron chi connectivity index (χ3n) is 4.70. The second kappa shape index (κ2) is 5.99. The molecule has 24 heavy (non-hydrogen) atoms. The molecule has 2 heterocycles. The summed E-state index contributed by atoms with van der Waals surface area (Å²) in [7, 11) is 0. The van der Waals surface area contributed by atoms with E-state index in [2.05, 4.69) is 42.3 Å². The van der Waals surface area contributed by atoms with Crippen LogP contribution >= 0.6 is 11.6 Å². The lowest BCUT2D eigenvalue weighted by Gasteiger charge is -2.28. The van der Waals surface area contributed by atoms with Crippen LogP contribution in [0.5, 0.6) is 0 Å². The number of benzene rings is 2. The molecule has 0 aliphatic carbocycles. The van der Waals surface area contributed by atoms with E-state index in [0.717, 1.165) is 28.3 Å². The topological polar surface area (TPSA) is 27.6 Å². The highest BCUT2D eigenvalue weighted by Crippen LogP contribution is 2.36. The molecule has 0 spiro atoms. The van der Waals surface area contributed by atoms with Crippen molar-refractivity contribution < 1.29 is 0 Å².